The van der Waals surface area contributed by atoms with Crippen LogP contribution in [0.2, 0.25) is 0 Å². The molecular formula is C12H15N3O2. The summed E-state index contributed by atoms with van der Waals surface area (Å²) < 4.78 is 11.3. The average Bonchev–Trinajstić information content (AvgIpc) is 2.67. The molecule has 5 nitrogen and oxygen atoms in total. The van der Waals surface area contributed by atoms with E-state index in [0.29, 0.717) is 13.2 Å². The number of hydrogen-bond acceptors (Lipinski definition) is 3. The average molecular weight is 233 g/mol. The van der Waals surface area contributed by atoms with Gasteiger partial charge < -0.3 is 9.47 Å². The number of hydrogen-bond donors (Lipinski definition) is 0. The summed E-state index contributed by atoms with van der Waals surface area (Å²) in [6.45, 7) is 4.65. The normalized spacial score (nSPS) is 22.1. The summed E-state index contributed by atoms with van der Waals surface area (Å²) in [4.78, 5) is 2.78. The minimum atomic E-state index is -0.545. The second-order valence-corrected chi connectivity index (χ2v) is 4.41. The van der Waals surface area contributed by atoms with Gasteiger partial charge in [0, 0.05) is 4.91 Å². The first-order valence-corrected chi connectivity index (χ1v) is 5.53. The maximum Gasteiger partial charge on any atom is 0.163 e. The van der Waals surface area contributed by atoms with Crippen LogP contribution in [-0.2, 0) is 16.0 Å². The Balaban J connectivity index is 2.23. The highest BCUT2D eigenvalue weighted by atomic mass is 16.7. The van der Waals surface area contributed by atoms with E-state index in [9.17, 15) is 0 Å². The molecule has 0 spiro atoms. The first-order chi connectivity index (χ1) is 8.12. The van der Waals surface area contributed by atoms with E-state index in [0.717, 1.165) is 11.1 Å². The van der Waals surface area contributed by atoms with Crippen molar-refractivity contribution in [3.63, 3.8) is 0 Å². The minimum Gasteiger partial charge on any atom is -0.347 e. The summed E-state index contributed by atoms with van der Waals surface area (Å²) >= 11 is 0. The van der Waals surface area contributed by atoms with Crippen LogP contribution in [-0.4, -0.2) is 12.4 Å². The highest BCUT2D eigenvalue weighted by Crippen LogP contribution is 2.34. The molecule has 0 aliphatic carbocycles. The third-order valence-electron chi connectivity index (χ3n) is 2.71. The van der Waals surface area contributed by atoms with E-state index in [1.165, 1.54) is 0 Å². The molecule has 0 amide bonds. The molecule has 1 unspecified atom stereocenters. The van der Waals surface area contributed by atoms with Gasteiger partial charge in [0.05, 0.1) is 13.2 Å². The summed E-state index contributed by atoms with van der Waals surface area (Å²) in [6.07, 6.45) is -0.0879. The molecule has 1 aliphatic heterocycles. The summed E-state index contributed by atoms with van der Waals surface area (Å²) in [7, 11) is 0. The minimum absolute atomic E-state index is 0.0879. The number of ether oxygens (including phenoxy) is 2. The van der Waals surface area contributed by atoms with Crippen LogP contribution in [0.15, 0.2) is 29.4 Å². The first kappa shape index (κ1) is 11.9. The molecule has 1 aromatic carbocycles. The van der Waals surface area contributed by atoms with E-state index in [4.69, 9.17) is 15.0 Å². The second-order valence-electron chi connectivity index (χ2n) is 4.41. The Morgan fingerprint density at radius 1 is 1.47 bits per heavy atom. The second kappa shape index (κ2) is 4.75. The molecule has 1 saturated heterocycles. The Kier molecular flexibility index (Phi) is 3.33. The Labute approximate surface area is 100.0 Å². The lowest BCUT2D eigenvalue weighted by molar-refractivity contribution is -0.139. The molecule has 90 valence electrons. The van der Waals surface area contributed by atoms with Crippen LogP contribution < -0.4 is 0 Å². The molecular weight excluding hydrogens is 218 g/mol. The number of azide groups is 1. The van der Waals surface area contributed by atoms with Crippen LogP contribution in [0.5, 0.6) is 0 Å². The van der Waals surface area contributed by atoms with E-state index < -0.39 is 5.79 Å². The smallest absolute Gasteiger partial charge is 0.163 e. The molecule has 5 heteroatoms. The van der Waals surface area contributed by atoms with Gasteiger partial charge in [-0.25, -0.2) is 0 Å². The maximum absolute atomic E-state index is 8.37. The number of nitrogens with zero attached hydrogens (tertiary/aromatic N) is 3. The van der Waals surface area contributed by atoms with Crippen molar-refractivity contribution in [3.05, 3.63) is 45.8 Å². The predicted molar refractivity (Wildman–Crippen MR) is 63.1 cm³/mol. The van der Waals surface area contributed by atoms with Crippen LogP contribution in [0.1, 0.15) is 31.1 Å². The van der Waals surface area contributed by atoms with Crippen LogP contribution in [0, 0.1) is 0 Å². The van der Waals surface area contributed by atoms with Crippen molar-refractivity contribution in [2.75, 3.05) is 6.61 Å². The fourth-order valence-corrected chi connectivity index (χ4v) is 1.94. The van der Waals surface area contributed by atoms with Crippen LogP contribution in [0.3, 0.4) is 0 Å². The molecule has 1 atom stereocenters. The quantitative estimate of drug-likeness (QED) is 0.456. The first-order valence-electron chi connectivity index (χ1n) is 5.53. The van der Waals surface area contributed by atoms with E-state index in [-0.39, 0.29) is 6.10 Å². The molecule has 1 fully saturated rings. The molecule has 17 heavy (non-hydrogen) atoms. The fraction of sp³-hybridized carbons (Fsp3) is 0.500. The Morgan fingerprint density at radius 3 is 2.88 bits per heavy atom. The Hall–Kier alpha value is -1.55. The molecule has 0 bridgehead atoms. The lowest BCUT2D eigenvalue weighted by Crippen LogP contribution is -2.19. The van der Waals surface area contributed by atoms with Gasteiger partial charge in [0.15, 0.2) is 5.79 Å². The maximum atomic E-state index is 8.37. The fourth-order valence-electron chi connectivity index (χ4n) is 1.94. The van der Waals surface area contributed by atoms with E-state index >= 15 is 0 Å². The zero-order chi connectivity index (χ0) is 12.3. The molecule has 0 saturated carbocycles. The van der Waals surface area contributed by atoms with Gasteiger partial charge in [0.25, 0.3) is 0 Å². The van der Waals surface area contributed by atoms with Crippen molar-refractivity contribution in [3.8, 4) is 0 Å². The summed E-state index contributed by atoms with van der Waals surface area (Å²) in [5.74, 6) is -0.545. The van der Waals surface area contributed by atoms with Crippen molar-refractivity contribution >= 4 is 0 Å². The van der Waals surface area contributed by atoms with E-state index in [2.05, 4.69) is 10.0 Å². The topological polar surface area (TPSA) is 67.2 Å². The number of rotatable bonds is 3. The zero-order valence-corrected chi connectivity index (χ0v) is 9.96. The number of benzene rings is 1. The summed E-state index contributed by atoms with van der Waals surface area (Å²) in [5.41, 5.74) is 10.4. The predicted octanol–water partition coefficient (Wildman–Crippen LogP) is 3.32. The van der Waals surface area contributed by atoms with Gasteiger partial charge in [-0.15, -0.1) is 0 Å². The lowest BCUT2D eigenvalue weighted by atomic mass is 10.0. The van der Waals surface area contributed by atoms with Gasteiger partial charge in [-0.1, -0.05) is 29.4 Å². The van der Waals surface area contributed by atoms with Gasteiger partial charge >= 0.3 is 0 Å². The van der Waals surface area contributed by atoms with Crippen molar-refractivity contribution < 1.29 is 9.47 Å². The van der Waals surface area contributed by atoms with Gasteiger partial charge in [0.2, 0.25) is 0 Å². The Bertz CT molecular complexity index is 453. The zero-order valence-electron chi connectivity index (χ0n) is 9.96. The van der Waals surface area contributed by atoms with Gasteiger partial charge in [0.1, 0.15) is 6.10 Å². The van der Waals surface area contributed by atoms with Crippen LogP contribution >= 0.6 is 0 Å². The third kappa shape index (κ3) is 2.77. The van der Waals surface area contributed by atoms with Gasteiger partial charge in [-0.3, -0.25) is 0 Å². The molecule has 1 aromatic rings. The molecule has 2 rings (SSSR count). The van der Waals surface area contributed by atoms with E-state index in [1.54, 1.807) is 0 Å². The molecule has 1 aliphatic rings. The molecule has 0 aromatic heterocycles. The van der Waals surface area contributed by atoms with E-state index in [1.807, 2.05) is 38.1 Å². The van der Waals surface area contributed by atoms with Gasteiger partial charge in [-0.2, -0.15) is 0 Å². The van der Waals surface area contributed by atoms with Crippen molar-refractivity contribution in [1.29, 1.82) is 0 Å². The largest absolute Gasteiger partial charge is 0.347 e. The highest BCUT2D eigenvalue weighted by molar-refractivity contribution is 5.29. The highest BCUT2D eigenvalue weighted by Gasteiger charge is 2.34. The summed E-state index contributed by atoms with van der Waals surface area (Å²) in [5, 5.41) is 3.59. The SMILES string of the molecule is CC1(C)OCC(c2ccccc2CN=[N+]=[N-])O1. The van der Waals surface area contributed by atoms with Crippen molar-refractivity contribution in [1.82, 2.24) is 0 Å². The van der Waals surface area contributed by atoms with Crippen LogP contribution in [0.4, 0.5) is 0 Å². The summed E-state index contributed by atoms with van der Waals surface area (Å²) in [6, 6.07) is 7.80. The standard InChI is InChI=1S/C12H15N3O2/c1-12(2)16-8-11(17-12)10-6-4-3-5-9(10)7-14-15-13/h3-6,11H,7-8H2,1-2H3. The van der Waals surface area contributed by atoms with Crippen molar-refractivity contribution in [2.24, 2.45) is 5.11 Å². The molecule has 1 heterocycles. The van der Waals surface area contributed by atoms with Gasteiger partial charge in [-0.05, 0) is 30.5 Å². The molecule has 0 N–H and O–H groups in total. The third-order valence-corrected chi connectivity index (χ3v) is 2.71. The van der Waals surface area contributed by atoms with Crippen LogP contribution in [0.25, 0.3) is 10.4 Å². The monoisotopic (exact) mass is 233 g/mol. The Morgan fingerprint density at radius 2 is 2.24 bits per heavy atom. The van der Waals surface area contributed by atoms with Crippen molar-refractivity contribution in [2.45, 2.75) is 32.3 Å². The lowest BCUT2D eigenvalue weighted by Gasteiger charge is -2.18. The molecule has 0 radical (unpaired) electrons.